The van der Waals surface area contributed by atoms with Crippen LogP contribution in [0.25, 0.3) is 144 Å². The molecule has 0 N–H and O–H groups in total. The van der Waals surface area contributed by atoms with E-state index >= 15 is 0 Å². The fourth-order valence-electron chi connectivity index (χ4n) is 21.6. The van der Waals surface area contributed by atoms with Gasteiger partial charge in [-0.2, -0.15) is 0 Å². The zero-order valence-corrected chi connectivity index (χ0v) is 65.5. The summed E-state index contributed by atoms with van der Waals surface area (Å²) >= 11 is 0. The molecule has 4 heteroatoms. The maximum Gasteiger partial charge on any atom is 0.0755 e. The van der Waals surface area contributed by atoms with Gasteiger partial charge < -0.3 is 18.9 Å². The molecule has 21 aromatic rings. The predicted molar refractivity (Wildman–Crippen MR) is 499 cm³/mol. The van der Waals surface area contributed by atoms with E-state index in [-0.39, 0.29) is 0 Å². The molecule has 2 aromatic heterocycles. The van der Waals surface area contributed by atoms with Crippen molar-refractivity contribution in [3.8, 4) is 100 Å². The van der Waals surface area contributed by atoms with E-state index in [1.54, 1.807) is 0 Å². The predicted octanol–water partition coefficient (Wildman–Crippen LogP) is 30.2. The second-order valence-electron chi connectivity index (χ2n) is 32.4. The highest BCUT2D eigenvalue weighted by Gasteiger charge is 2.53. The van der Waals surface area contributed by atoms with Gasteiger partial charge in [0.05, 0.1) is 55.6 Å². The van der Waals surface area contributed by atoms with E-state index in [4.69, 9.17) is 0 Å². The van der Waals surface area contributed by atoms with Crippen LogP contribution in [0.3, 0.4) is 0 Å². The SMILES string of the molecule is c1ccc(-c2cccc(-c3ccccc3N(c3ccc(-c4ccc(-c5cccc6c5c5cccc7c5n6-c5ccccc5C75c6ccccc6-c6ccc(N(c7ccccc7)c7ccccc7-c7cccc(-c8ccccc8)c7)cc65)cc4)cc3)c3ccc4c(c3)C3(c5ccccc5-4)c4ccccc4-n4c5ccccc5c5cccc3c54)c2)cc1. The lowest BCUT2D eigenvalue weighted by Crippen LogP contribution is -2.33. The van der Waals surface area contributed by atoms with Crippen LogP contribution >= 0.6 is 0 Å². The zero-order chi connectivity index (χ0) is 78.7. The second-order valence-corrected chi connectivity index (χ2v) is 32.4. The Labute approximate surface area is 696 Å². The summed E-state index contributed by atoms with van der Waals surface area (Å²) in [5.41, 5.74) is 41.7. The van der Waals surface area contributed by atoms with Gasteiger partial charge >= 0.3 is 0 Å². The van der Waals surface area contributed by atoms with Crippen molar-refractivity contribution in [1.82, 2.24) is 9.13 Å². The molecule has 4 aliphatic rings. The molecule has 2 unspecified atom stereocenters. The fraction of sp³-hybridized carbons (Fsp3) is 0.0172. The van der Waals surface area contributed by atoms with Crippen LogP contribution in [0, 0.1) is 0 Å². The molecular weight excluding hydrogens is 1450 g/mol. The second kappa shape index (κ2) is 26.5. The number of fused-ring (bicyclic) bond motifs is 24. The number of rotatable bonds is 12. The van der Waals surface area contributed by atoms with E-state index in [1.165, 1.54) is 150 Å². The minimum Gasteiger partial charge on any atom is -0.310 e. The molecule has 4 nitrogen and oxygen atoms in total. The quantitative estimate of drug-likeness (QED) is 0.121. The van der Waals surface area contributed by atoms with E-state index < -0.39 is 10.8 Å². The van der Waals surface area contributed by atoms with Gasteiger partial charge in [-0.3, -0.25) is 0 Å². The molecule has 0 fully saturated rings. The molecule has 4 heterocycles. The van der Waals surface area contributed by atoms with Crippen molar-refractivity contribution < 1.29 is 0 Å². The van der Waals surface area contributed by atoms with E-state index in [0.717, 1.165) is 73.1 Å². The van der Waals surface area contributed by atoms with E-state index in [2.05, 4.69) is 468 Å². The van der Waals surface area contributed by atoms with Crippen LogP contribution in [-0.4, -0.2) is 9.13 Å². The topological polar surface area (TPSA) is 16.3 Å². The molecule has 2 aliphatic carbocycles. The summed E-state index contributed by atoms with van der Waals surface area (Å²) in [6, 6.07) is 168. The van der Waals surface area contributed by atoms with Crippen LogP contribution in [0.2, 0.25) is 0 Å². The Hall–Kier alpha value is -15.6. The first-order valence-electron chi connectivity index (χ1n) is 41.7. The third kappa shape index (κ3) is 9.70. The minimum absolute atomic E-state index is 0.636. The molecule has 558 valence electrons. The first kappa shape index (κ1) is 67.7. The average Bonchev–Trinajstić information content (AvgIpc) is 1.50. The lowest BCUT2D eigenvalue weighted by molar-refractivity contribution is 0.748. The summed E-state index contributed by atoms with van der Waals surface area (Å²) in [7, 11) is 0. The Bertz CT molecular complexity index is 7780. The Morgan fingerprint density at radius 2 is 0.517 bits per heavy atom. The third-order valence-electron chi connectivity index (χ3n) is 26.5. The Kier molecular flexibility index (Phi) is 14.9. The number of nitrogens with zero attached hydrogens (tertiary/aromatic N) is 4. The maximum absolute atomic E-state index is 2.58. The Morgan fingerprint density at radius 1 is 0.175 bits per heavy atom. The zero-order valence-electron chi connectivity index (χ0n) is 65.5. The molecule has 0 amide bonds. The number of anilines is 6. The molecule has 0 radical (unpaired) electrons. The van der Waals surface area contributed by atoms with Gasteiger partial charge in [-0.15, -0.1) is 0 Å². The summed E-state index contributed by atoms with van der Waals surface area (Å²) in [4.78, 5) is 4.98. The highest BCUT2D eigenvalue weighted by Crippen LogP contribution is 2.65. The van der Waals surface area contributed by atoms with Gasteiger partial charge in [0.1, 0.15) is 0 Å². The van der Waals surface area contributed by atoms with Gasteiger partial charge in [0.25, 0.3) is 0 Å². The monoisotopic (exact) mass is 1520 g/mol. The standard InChI is InChI=1S/C116H74N4/c1-4-29-75(30-5-1)80-33-24-35-82(71-80)88-39-12-19-53-106(88)117(84-37-8-3-9-38-84)86-67-69-94-92-42-11-16-48-99(92)116(105(94)73-86)101-50-18-23-57-110(101)120-111-58-28-44-90(112(111)97-46-27-52-103(116)114(97)120)79-61-59-77(60-62-79)78-63-65-85(66-64-78)118(107-54-20-13-40-89(107)83-36-25-34-81(72-83)76-31-6-2-7-32-76)87-68-70-93-91-41-10-15-47-98(91)115(104(93)74-87)100-49-17-22-56-109(100)119-108-55-21-14-43-95(108)96-45-26-51-102(115)113(96)119/h1-74H. The average molecular weight is 1520 g/mol. The van der Waals surface area contributed by atoms with Gasteiger partial charge in [-0.1, -0.05) is 352 Å². The molecule has 19 aromatic carbocycles. The highest BCUT2D eigenvalue weighted by atomic mass is 15.2. The molecule has 2 atom stereocenters. The summed E-state index contributed by atoms with van der Waals surface area (Å²) in [5.74, 6) is 0. The van der Waals surface area contributed by atoms with Crippen LogP contribution in [-0.2, 0) is 10.8 Å². The molecule has 0 bridgehead atoms. The lowest BCUT2D eigenvalue weighted by Gasteiger charge is -2.40. The highest BCUT2D eigenvalue weighted by molar-refractivity contribution is 6.19. The van der Waals surface area contributed by atoms with Crippen molar-refractivity contribution in [1.29, 1.82) is 0 Å². The normalized spacial score (nSPS) is 14.7. The van der Waals surface area contributed by atoms with E-state index in [0.29, 0.717) is 0 Å². The van der Waals surface area contributed by atoms with E-state index in [9.17, 15) is 0 Å². The Morgan fingerprint density at radius 3 is 1.07 bits per heavy atom. The van der Waals surface area contributed by atoms with Crippen molar-refractivity contribution in [3.63, 3.8) is 0 Å². The van der Waals surface area contributed by atoms with Crippen LogP contribution in [0.4, 0.5) is 34.1 Å². The first-order valence-corrected chi connectivity index (χ1v) is 41.7. The number of aromatic nitrogens is 2. The molecule has 25 rings (SSSR count). The van der Waals surface area contributed by atoms with Crippen molar-refractivity contribution in [2.75, 3.05) is 9.80 Å². The lowest BCUT2D eigenvalue weighted by atomic mass is 9.65. The molecular formula is C116H74N4. The molecule has 120 heavy (non-hydrogen) atoms. The van der Waals surface area contributed by atoms with Gasteiger partial charge in [-0.05, 0) is 219 Å². The number of benzene rings is 19. The molecule has 0 saturated heterocycles. The van der Waals surface area contributed by atoms with Gasteiger partial charge in [0.2, 0.25) is 0 Å². The van der Waals surface area contributed by atoms with Crippen LogP contribution in [0.15, 0.2) is 449 Å². The van der Waals surface area contributed by atoms with Crippen LogP contribution in [0.5, 0.6) is 0 Å². The fourth-order valence-corrected chi connectivity index (χ4v) is 21.6. The van der Waals surface area contributed by atoms with E-state index in [1.807, 2.05) is 0 Å². The number of para-hydroxylation sites is 8. The Balaban J connectivity index is 0.617. The van der Waals surface area contributed by atoms with Gasteiger partial charge in [0.15, 0.2) is 0 Å². The van der Waals surface area contributed by atoms with Crippen LogP contribution < -0.4 is 9.80 Å². The summed E-state index contributed by atoms with van der Waals surface area (Å²) in [5, 5.41) is 5.00. The minimum atomic E-state index is -0.682. The summed E-state index contributed by atoms with van der Waals surface area (Å²) in [6.07, 6.45) is 0. The summed E-state index contributed by atoms with van der Waals surface area (Å²) < 4.78 is 5.12. The molecule has 0 saturated carbocycles. The van der Waals surface area contributed by atoms with Gasteiger partial charge in [-0.25, -0.2) is 0 Å². The van der Waals surface area contributed by atoms with Crippen LogP contribution in [0.1, 0.15) is 44.5 Å². The van der Waals surface area contributed by atoms with Crippen molar-refractivity contribution >= 4 is 77.7 Å². The smallest absolute Gasteiger partial charge is 0.0755 e. The number of hydrogen-bond acceptors (Lipinski definition) is 2. The molecule has 2 spiro atoms. The van der Waals surface area contributed by atoms with Gasteiger partial charge in [0, 0.05) is 55.4 Å². The van der Waals surface area contributed by atoms with Crippen molar-refractivity contribution in [3.05, 3.63) is 493 Å². The first-order chi connectivity index (χ1) is 59.6. The third-order valence-corrected chi connectivity index (χ3v) is 26.5. The largest absolute Gasteiger partial charge is 0.310 e. The summed E-state index contributed by atoms with van der Waals surface area (Å²) in [6.45, 7) is 0. The van der Waals surface area contributed by atoms with Crippen molar-refractivity contribution in [2.45, 2.75) is 10.8 Å². The van der Waals surface area contributed by atoms with Crippen molar-refractivity contribution in [2.24, 2.45) is 0 Å². The number of hydrogen-bond donors (Lipinski definition) is 0. The maximum atomic E-state index is 2.58. The molecule has 2 aliphatic heterocycles.